The lowest BCUT2D eigenvalue weighted by Gasteiger charge is -2.30. The molecule has 1 aliphatic heterocycles. The van der Waals surface area contributed by atoms with E-state index in [1.807, 2.05) is 18.7 Å². The van der Waals surface area contributed by atoms with Crippen molar-refractivity contribution < 1.29 is 9.53 Å². The number of carbonyl (C=O) groups is 1. The number of nitrogens with one attached hydrogen (secondary N) is 1. The minimum absolute atomic E-state index is 0. The SMILES string of the molecule is CCOCCN(CC)C(=O)C1(C)CCNC1.Cl. The lowest BCUT2D eigenvalue weighted by molar-refractivity contribution is -0.140. The number of amides is 1. The highest BCUT2D eigenvalue weighted by molar-refractivity contribution is 5.85. The third-order valence-electron chi connectivity index (χ3n) is 3.26. The Morgan fingerprint density at radius 3 is 2.65 bits per heavy atom. The fourth-order valence-corrected chi connectivity index (χ4v) is 2.10. The van der Waals surface area contributed by atoms with Gasteiger partial charge in [0, 0.05) is 26.2 Å². The molecule has 1 N–H and O–H groups in total. The van der Waals surface area contributed by atoms with Crippen molar-refractivity contribution in [1.29, 1.82) is 0 Å². The van der Waals surface area contributed by atoms with Crippen LogP contribution >= 0.6 is 12.4 Å². The summed E-state index contributed by atoms with van der Waals surface area (Å²) < 4.78 is 5.30. The number of ether oxygens (including phenoxy) is 1. The molecule has 0 spiro atoms. The largest absolute Gasteiger partial charge is 0.380 e. The van der Waals surface area contributed by atoms with Gasteiger partial charge < -0.3 is 15.0 Å². The molecule has 17 heavy (non-hydrogen) atoms. The van der Waals surface area contributed by atoms with Gasteiger partial charge in [-0.1, -0.05) is 0 Å². The van der Waals surface area contributed by atoms with Gasteiger partial charge in [-0.2, -0.15) is 0 Å². The summed E-state index contributed by atoms with van der Waals surface area (Å²) in [4.78, 5) is 14.2. The molecule has 1 fully saturated rings. The molecule has 1 aliphatic rings. The van der Waals surface area contributed by atoms with E-state index in [-0.39, 0.29) is 23.7 Å². The van der Waals surface area contributed by atoms with Crippen molar-refractivity contribution in [2.24, 2.45) is 5.41 Å². The molecule has 0 saturated carbocycles. The highest BCUT2D eigenvalue weighted by Crippen LogP contribution is 2.26. The number of likely N-dealkylation sites (N-methyl/N-ethyl adjacent to an activating group) is 1. The smallest absolute Gasteiger partial charge is 0.229 e. The van der Waals surface area contributed by atoms with Gasteiger partial charge in [0.1, 0.15) is 0 Å². The maximum absolute atomic E-state index is 12.3. The van der Waals surface area contributed by atoms with E-state index in [0.717, 1.165) is 26.1 Å². The first-order chi connectivity index (χ1) is 7.64. The normalized spacial score (nSPS) is 23.2. The summed E-state index contributed by atoms with van der Waals surface area (Å²) in [5, 5.41) is 3.26. The third kappa shape index (κ3) is 4.45. The number of hydrogen-bond donors (Lipinski definition) is 1. The predicted molar refractivity (Wildman–Crippen MR) is 71.6 cm³/mol. The van der Waals surface area contributed by atoms with E-state index in [4.69, 9.17) is 4.74 Å². The Morgan fingerprint density at radius 1 is 1.47 bits per heavy atom. The highest BCUT2D eigenvalue weighted by Gasteiger charge is 2.38. The lowest BCUT2D eigenvalue weighted by Crippen LogP contribution is -2.44. The van der Waals surface area contributed by atoms with Crippen LogP contribution in [0.5, 0.6) is 0 Å². The summed E-state index contributed by atoms with van der Waals surface area (Å²) >= 11 is 0. The van der Waals surface area contributed by atoms with Crippen molar-refractivity contribution in [3.8, 4) is 0 Å². The second-order valence-electron chi connectivity index (χ2n) is 4.57. The minimum atomic E-state index is -0.206. The van der Waals surface area contributed by atoms with Crippen molar-refractivity contribution in [1.82, 2.24) is 10.2 Å². The Hall–Kier alpha value is -0.320. The van der Waals surface area contributed by atoms with Crippen LogP contribution in [0.1, 0.15) is 27.2 Å². The maximum atomic E-state index is 12.3. The van der Waals surface area contributed by atoms with Gasteiger partial charge >= 0.3 is 0 Å². The Kier molecular flexibility index (Phi) is 7.75. The van der Waals surface area contributed by atoms with Crippen LogP contribution in [0, 0.1) is 5.41 Å². The van der Waals surface area contributed by atoms with E-state index in [1.165, 1.54) is 0 Å². The molecule has 0 aromatic heterocycles. The molecule has 1 heterocycles. The summed E-state index contributed by atoms with van der Waals surface area (Å²) in [6, 6.07) is 0. The molecule has 1 atom stereocenters. The number of rotatable bonds is 6. The average Bonchev–Trinajstić information content (AvgIpc) is 2.72. The zero-order valence-corrected chi connectivity index (χ0v) is 11.9. The minimum Gasteiger partial charge on any atom is -0.380 e. The van der Waals surface area contributed by atoms with Gasteiger partial charge in [0.2, 0.25) is 5.91 Å². The van der Waals surface area contributed by atoms with Crippen LogP contribution in [0.3, 0.4) is 0 Å². The molecule has 1 unspecified atom stereocenters. The first-order valence-corrected chi connectivity index (χ1v) is 6.22. The second-order valence-corrected chi connectivity index (χ2v) is 4.57. The molecule has 0 bridgehead atoms. The second kappa shape index (κ2) is 7.90. The van der Waals surface area contributed by atoms with Crippen LogP contribution in [0.15, 0.2) is 0 Å². The van der Waals surface area contributed by atoms with Crippen LogP contribution in [-0.2, 0) is 9.53 Å². The topological polar surface area (TPSA) is 41.6 Å². The van der Waals surface area contributed by atoms with Crippen molar-refractivity contribution in [2.75, 3.05) is 39.4 Å². The van der Waals surface area contributed by atoms with E-state index in [2.05, 4.69) is 12.2 Å². The average molecular weight is 265 g/mol. The van der Waals surface area contributed by atoms with Crippen molar-refractivity contribution >= 4 is 18.3 Å². The van der Waals surface area contributed by atoms with Crippen LogP contribution in [-0.4, -0.2) is 50.2 Å². The Morgan fingerprint density at radius 2 is 2.18 bits per heavy atom. The molecule has 0 radical (unpaired) electrons. The molecule has 102 valence electrons. The molecular weight excluding hydrogens is 240 g/mol. The van der Waals surface area contributed by atoms with Crippen molar-refractivity contribution in [2.45, 2.75) is 27.2 Å². The molecule has 5 heteroatoms. The Bertz CT molecular complexity index is 231. The van der Waals surface area contributed by atoms with E-state index in [0.29, 0.717) is 19.8 Å². The summed E-state index contributed by atoms with van der Waals surface area (Å²) in [7, 11) is 0. The summed E-state index contributed by atoms with van der Waals surface area (Å²) in [6.07, 6.45) is 0.941. The van der Waals surface area contributed by atoms with Crippen molar-refractivity contribution in [3.05, 3.63) is 0 Å². The molecule has 1 saturated heterocycles. The van der Waals surface area contributed by atoms with Gasteiger partial charge in [0.25, 0.3) is 0 Å². The van der Waals surface area contributed by atoms with Crippen LogP contribution < -0.4 is 5.32 Å². The van der Waals surface area contributed by atoms with E-state index >= 15 is 0 Å². The molecule has 0 aromatic carbocycles. The first kappa shape index (κ1) is 16.7. The van der Waals surface area contributed by atoms with Crippen LogP contribution in [0.2, 0.25) is 0 Å². The van der Waals surface area contributed by atoms with Gasteiger partial charge in [0.15, 0.2) is 0 Å². The van der Waals surface area contributed by atoms with E-state index < -0.39 is 0 Å². The highest BCUT2D eigenvalue weighted by atomic mass is 35.5. The number of carbonyl (C=O) groups excluding carboxylic acids is 1. The first-order valence-electron chi connectivity index (χ1n) is 6.22. The maximum Gasteiger partial charge on any atom is 0.229 e. The fourth-order valence-electron chi connectivity index (χ4n) is 2.10. The molecule has 0 aliphatic carbocycles. The zero-order valence-electron chi connectivity index (χ0n) is 11.1. The van der Waals surface area contributed by atoms with Gasteiger partial charge in [-0.15, -0.1) is 12.4 Å². The van der Waals surface area contributed by atoms with Gasteiger partial charge in [-0.25, -0.2) is 0 Å². The number of nitrogens with zero attached hydrogens (tertiary/aromatic N) is 1. The number of halogens is 1. The van der Waals surface area contributed by atoms with Gasteiger partial charge in [-0.3, -0.25) is 4.79 Å². The van der Waals surface area contributed by atoms with E-state index in [1.54, 1.807) is 0 Å². The lowest BCUT2D eigenvalue weighted by atomic mass is 9.88. The fraction of sp³-hybridized carbons (Fsp3) is 0.917. The summed E-state index contributed by atoms with van der Waals surface area (Å²) in [5.41, 5.74) is -0.206. The monoisotopic (exact) mass is 264 g/mol. The van der Waals surface area contributed by atoms with Crippen LogP contribution in [0.25, 0.3) is 0 Å². The molecule has 0 aromatic rings. The van der Waals surface area contributed by atoms with Gasteiger partial charge in [-0.05, 0) is 33.7 Å². The quantitative estimate of drug-likeness (QED) is 0.735. The molecule has 4 nitrogen and oxygen atoms in total. The van der Waals surface area contributed by atoms with Crippen molar-refractivity contribution in [3.63, 3.8) is 0 Å². The summed E-state index contributed by atoms with van der Waals surface area (Å²) in [6.45, 7) is 10.6. The summed E-state index contributed by atoms with van der Waals surface area (Å²) in [5.74, 6) is 0.264. The molecule has 1 amide bonds. The van der Waals surface area contributed by atoms with E-state index in [9.17, 15) is 4.79 Å². The number of hydrogen-bond acceptors (Lipinski definition) is 3. The standard InChI is InChI=1S/C12H24N2O2.ClH/c1-4-14(8-9-16-5-2)11(15)12(3)6-7-13-10-12;/h13H,4-10H2,1-3H3;1H. The zero-order chi connectivity index (χ0) is 12.0. The molecular formula is C12H25ClN2O2. The Balaban J connectivity index is 0.00000256. The molecule has 1 rings (SSSR count). The van der Waals surface area contributed by atoms with Gasteiger partial charge in [0.05, 0.1) is 12.0 Å². The predicted octanol–water partition coefficient (Wildman–Crippen LogP) is 1.29. The van der Waals surface area contributed by atoms with Crippen LogP contribution in [0.4, 0.5) is 0 Å². The Labute approximate surface area is 110 Å². The third-order valence-corrected chi connectivity index (χ3v) is 3.26.